The van der Waals surface area contributed by atoms with Crippen LogP contribution in [0.15, 0.2) is 54.6 Å². The summed E-state index contributed by atoms with van der Waals surface area (Å²) in [7, 11) is 5.71. The van der Waals surface area contributed by atoms with Crippen LogP contribution in [-0.4, -0.2) is 13.8 Å². The topological polar surface area (TPSA) is 29.1 Å². The highest BCUT2D eigenvalue weighted by molar-refractivity contribution is 6.37. The average Bonchev–Trinajstić information content (AvgIpc) is 2.31. The van der Waals surface area contributed by atoms with Crippen molar-refractivity contribution in [3.05, 3.63) is 60.2 Å². The maximum Gasteiger partial charge on any atom is 0.255 e. The Morgan fingerprint density at radius 1 is 0.938 bits per heavy atom. The Kier molecular flexibility index (Phi) is 3.06. The van der Waals surface area contributed by atoms with Gasteiger partial charge in [-0.3, -0.25) is 4.79 Å². The molecule has 0 heterocycles. The Labute approximate surface area is 95.7 Å². The molecule has 0 aliphatic rings. The normalized spacial score (nSPS) is 9.75. The smallest absolute Gasteiger partial charge is 0.255 e. The molecule has 0 saturated carbocycles. The van der Waals surface area contributed by atoms with Gasteiger partial charge in [0.1, 0.15) is 7.85 Å². The molecule has 0 bridgehead atoms. The third-order valence-electron chi connectivity index (χ3n) is 2.24. The standard InChI is InChI=1S/C13H10BNO/c14-12-9-5-4-8-11(12)13(16)15-10-6-2-1-3-7-10/h1-9H,(H,15,16). The third kappa shape index (κ3) is 2.31. The van der Waals surface area contributed by atoms with Gasteiger partial charge in [-0.1, -0.05) is 47.9 Å². The van der Waals surface area contributed by atoms with Crippen LogP contribution in [0.5, 0.6) is 0 Å². The van der Waals surface area contributed by atoms with Crippen molar-refractivity contribution in [3.63, 3.8) is 0 Å². The van der Waals surface area contributed by atoms with E-state index in [4.69, 9.17) is 7.85 Å². The summed E-state index contributed by atoms with van der Waals surface area (Å²) in [6.45, 7) is 0. The number of hydrogen-bond acceptors (Lipinski definition) is 1. The molecular weight excluding hydrogens is 197 g/mol. The molecule has 2 radical (unpaired) electrons. The first kappa shape index (κ1) is 10.5. The molecule has 0 atom stereocenters. The second-order valence-corrected chi connectivity index (χ2v) is 3.41. The molecule has 16 heavy (non-hydrogen) atoms. The maximum absolute atomic E-state index is 11.8. The molecule has 0 unspecified atom stereocenters. The van der Waals surface area contributed by atoms with Gasteiger partial charge in [-0.05, 0) is 12.1 Å². The van der Waals surface area contributed by atoms with Crippen molar-refractivity contribution in [1.82, 2.24) is 0 Å². The number of amides is 1. The van der Waals surface area contributed by atoms with Crippen LogP contribution in [0, 0.1) is 0 Å². The molecule has 0 aliphatic carbocycles. The van der Waals surface area contributed by atoms with Gasteiger partial charge in [0, 0.05) is 11.3 Å². The monoisotopic (exact) mass is 207 g/mol. The zero-order valence-corrected chi connectivity index (χ0v) is 8.68. The summed E-state index contributed by atoms with van der Waals surface area (Å²) in [5.74, 6) is -0.190. The van der Waals surface area contributed by atoms with E-state index >= 15 is 0 Å². The number of nitrogens with one attached hydrogen (secondary N) is 1. The number of benzene rings is 2. The van der Waals surface area contributed by atoms with Gasteiger partial charge in [0.05, 0.1) is 0 Å². The summed E-state index contributed by atoms with van der Waals surface area (Å²) in [4.78, 5) is 11.8. The average molecular weight is 207 g/mol. The molecule has 3 heteroatoms. The van der Waals surface area contributed by atoms with Crippen LogP contribution in [0.4, 0.5) is 5.69 Å². The van der Waals surface area contributed by atoms with Crippen molar-refractivity contribution in [2.45, 2.75) is 0 Å². The molecule has 2 aromatic carbocycles. The number of carbonyl (C=O) groups is 1. The van der Waals surface area contributed by atoms with Crippen LogP contribution in [0.3, 0.4) is 0 Å². The van der Waals surface area contributed by atoms with Gasteiger partial charge in [-0.2, -0.15) is 0 Å². The molecule has 1 N–H and O–H groups in total. The summed E-state index contributed by atoms with van der Waals surface area (Å²) >= 11 is 0. The summed E-state index contributed by atoms with van der Waals surface area (Å²) in [5.41, 5.74) is 1.73. The van der Waals surface area contributed by atoms with Gasteiger partial charge in [-0.15, -0.1) is 0 Å². The van der Waals surface area contributed by atoms with E-state index in [2.05, 4.69) is 5.32 Å². The Morgan fingerprint density at radius 3 is 2.25 bits per heavy atom. The van der Waals surface area contributed by atoms with E-state index in [9.17, 15) is 4.79 Å². The van der Waals surface area contributed by atoms with Crippen molar-refractivity contribution in [3.8, 4) is 0 Å². The van der Waals surface area contributed by atoms with Crippen LogP contribution in [0.2, 0.25) is 0 Å². The van der Waals surface area contributed by atoms with E-state index < -0.39 is 0 Å². The van der Waals surface area contributed by atoms with Gasteiger partial charge in [0.15, 0.2) is 0 Å². The second kappa shape index (κ2) is 4.66. The maximum atomic E-state index is 11.8. The number of para-hydroxylation sites is 1. The number of carbonyl (C=O) groups excluding carboxylic acids is 1. The van der Waals surface area contributed by atoms with Crippen LogP contribution >= 0.6 is 0 Å². The number of rotatable bonds is 2. The molecule has 2 nitrogen and oxygen atoms in total. The first-order valence-electron chi connectivity index (χ1n) is 4.98. The minimum Gasteiger partial charge on any atom is -0.322 e. The highest BCUT2D eigenvalue weighted by Gasteiger charge is 2.07. The number of hydrogen-bond donors (Lipinski definition) is 1. The zero-order chi connectivity index (χ0) is 11.4. The van der Waals surface area contributed by atoms with Gasteiger partial charge < -0.3 is 5.32 Å². The molecule has 0 spiro atoms. The van der Waals surface area contributed by atoms with Crippen molar-refractivity contribution < 1.29 is 4.79 Å². The molecule has 1 amide bonds. The summed E-state index contributed by atoms with van der Waals surface area (Å²) in [6.07, 6.45) is 0. The van der Waals surface area contributed by atoms with E-state index in [0.29, 0.717) is 11.0 Å². The van der Waals surface area contributed by atoms with E-state index in [1.807, 2.05) is 30.3 Å². The first-order valence-corrected chi connectivity index (χ1v) is 4.98. The highest BCUT2D eigenvalue weighted by Crippen LogP contribution is 2.07. The molecule has 0 aliphatic heterocycles. The lowest BCUT2D eigenvalue weighted by molar-refractivity contribution is 0.102. The van der Waals surface area contributed by atoms with Crippen molar-refractivity contribution >= 4 is 24.9 Å². The Morgan fingerprint density at radius 2 is 1.56 bits per heavy atom. The SMILES string of the molecule is [B]c1ccccc1C(=O)Nc1ccccc1. The number of anilines is 1. The predicted molar refractivity (Wildman–Crippen MR) is 66.2 cm³/mol. The molecule has 2 aromatic rings. The Bertz CT molecular complexity index is 496. The Hall–Kier alpha value is -2.03. The molecule has 76 valence electrons. The summed E-state index contributed by atoms with van der Waals surface area (Å²) in [5, 5.41) is 2.78. The lowest BCUT2D eigenvalue weighted by Crippen LogP contribution is -2.21. The van der Waals surface area contributed by atoms with Gasteiger partial charge in [-0.25, -0.2) is 0 Å². The molecular formula is C13H10BNO. The predicted octanol–water partition coefficient (Wildman–Crippen LogP) is 1.73. The van der Waals surface area contributed by atoms with Crippen molar-refractivity contribution in [2.24, 2.45) is 0 Å². The van der Waals surface area contributed by atoms with E-state index in [-0.39, 0.29) is 5.91 Å². The van der Waals surface area contributed by atoms with Gasteiger partial charge in [0.25, 0.3) is 5.91 Å². The van der Waals surface area contributed by atoms with Crippen LogP contribution in [0.25, 0.3) is 0 Å². The second-order valence-electron chi connectivity index (χ2n) is 3.41. The fourth-order valence-corrected chi connectivity index (χ4v) is 1.42. The zero-order valence-electron chi connectivity index (χ0n) is 8.68. The van der Waals surface area contributed by atoms with Gasteiger partial charge >= 0.3 is 0 Å². The third-order valence-corrected chi connectivity index (χ3v) is 2.24. The Balaban J connectivity index is 2.19. The molecule has 0 fully saturated rings. The minimum atomic E-state index is -0.190. The van der Waals surface area contributed by atoms with E-state index in [1.54, 1.807) is 24.3 Å². The molecule has 0 aromatic heterocycles. The highest BCUT2D eigenvalue weighted by atomic mass is 16.1. The summed E-state index contributed by atoms with van der Waals surface area (Å²) in [6, 6.07) is 16.3. The fraction of sp³-hybridized carbons (Fsp3) is 0. The van der Waals surface area contributed by atoms with Gasteiger partial charge in [0.2, 0.25) is 0 Å². The van der Waals surface area contributed by atoms with E-state index in [1.165, 1.54) is 0 Å². The first-order chi connectivity index (χ1) is 7.77. The summed E-state index contributed by atoms with van der Waals surface area (Å²) < 4.78 is 0. The van der Waals surface area contributed by atoms with Crippen LogP contribution in [-0.2, 0) is 0 Å². The lowest BCUT2D eigenvalue weighted by Gasteiger charge is -2.07. The quantitative estimate of drug-likeness (QED) is 0.746. The largest absolute Gasteiger partial charge is 0.322 e. The van der Waals surface area contributed by atoms with E-state index in [0.717, 1.165) is 5.69 Å². The molecule has 0 saturated heterocycles. The molecule has 2 rings (SSSR count). The minimum absolute atomic E-state index is 0.190. The van der Waals surface area contributed by atoms with Crippen LogP contribution < -0.4 is 10.8 Å². The van der Waals surface area contributed by atoms with Crippen molar-refractivity contribution in [1.29, 1.82) is 0 Å². The van der Waals surface area contributed by atoms with Crippen molar-refractivity contribution in [2.75, 3.05) is 5.32 Å². The van der Waals surface area contributed by atoms with Crippen LogP contribution in [0.1, 0.15) is 10.4 Å². The fourth-order valence-electron chi connectivity index (χ4n) is 1.42. The lowest BCUT2D eigenvalue weighted by atomic mass is 9.90.